The molecule has 3 heteroatoms. The normalized spacial score (nSPS) is 49.6. The van der Waals surface area contributed by atoms with E-state index in [0.717, 1.165) is 45.2 Å². The number of ketones is 1. The van der Waals surface area contributed by atoms with Crippen LogP contribution in [0.25, 0.3) is 0 Å². The van der Waals surface area contributed by atoms with Crippen molar-refractivity contribution in [3.8, 4) is 0 Å². The first-order valence-electron chi connectivity index (χ1n) is 7.77. The largest absolute Gasteiger partial charge is 0.385 e. The molecule has 1 spiro atoms. The number of aliphatic hydroxyl groups is 1. The molecule has 0 amide bonds. The Morgan fingerprint density at radius 3 is 3.05 bits per heavy atom. The van der Waals surface area contributed by atoms with E-state index in [2.05, 4.69) is 17.9 Å². The fourth-order valence-electron chi connectivity index (χ4n) is 5.63. The molecule has 0 aromatic rings. The summed E-state index contributed by atoms with van der Waals surface area (Å²) in [6.45, 7) is 4.41. The second-order valence-corrected chi connectivity index (χ2v) is 7.20. The molecule has 0 radical (unpaired) electrons. The Hall–Kier alpha value is -0.670. The molecule has 3 nitrogen and oxygen atoms in total. The first-order chi connectivity index (χ1) is 9.06. The smallest absolute Gasteiger partial charge is 0.141 e. The summed E-state index contributed by atoms with van der Waals surface area (Å²) in [4.78, 5) is 15.1. The number of piperidine rings is 1. The maximum atomic E-state index is 12.6. The maximum Gasteiger partial charge on any atom is 0.141 e. The maximum absolute atomic E-state index is 12.6. The van der Waals surface area contributed by atoms with Gasteiger partial charge in [0, 0.05) is 18.9 Å². The number of carbonyl (C=O) groups excluding carboxylic acids is 1. The van der Waals surface area contributed by atoms with Crippen LogP contribution in [0.3, 0.4) is 0 Å². The number of hydrogen-bond acceptors (Lipinski definition) is 3. The Morgan fingerprint density at radius 1 is 1.37 bits per heavy atom. The summed E-state index contributed by atoms with van der Waals surface area (Å²) in [6.07, 6.45) is 7.67. The van der Waals surface area contributed by atoms with Crippen molar-refractivity contribution >= 4 is 5.78 Å². The topological polar surface area (TPSA) is 40.5 Å². The molecule has 4 rings (SSSR count). The van der Waals surface area contributed by atoms with Gasteiger partial charge < -0.3 is 5.11 Å². The van der Waals surface area contributed by atoms with Crippen molar-refractivity contribution < 1.29 is 9.90 Å². The van der Waals surface area contributed by atoms with Gasteiger partial charge in [0.2, 0.25) is 0 Å². The average molecular weight is 261 g/mol. The zero-order chi connectivity index (χ0) is 13.3. The molecule has 2 aliphatic carbocycles. The van der Waals surface area contributed by atoms with Crippen molar-refractivity contribution in [3.63, 3.8) is 0 Å². The number of rotatable bonds is 0. The van der Waals surface area contributed by atoms with E-state index < -0.39 is 5.60 Å². The Balaban J connectivity index is 1.93. The number of hydrogen-bond donors (Lipinski definition) is 1. The van der Waals surface area contributed by atoms with E-state index in [0.29, 0.717) is 18.1 Å². The van der Waals surface area contributed by atoms with Crippen LogP contribution in [0.1, 0.15) is 45.4 Å². The Bertz CT molecular complexity index is 471. The van der Waals surface area contributed by atoms with E-state index in [1.54, 1.807) is 0 Å². The second kappa shape index (κ2) is 3.70. The molecule has 0 aromatic carbocycles. The third-order valence-corrected chi connectivity index (χ3v) is 5.98. The first kappa shape index (κ1) is 12.1. The molecule has 4 atom stereocenters. The monoisotopic (exact) mass is 261 g/mol. The van der Waals surface area contributed by atoms with E-state index in [9.17, 15) is 9.90 Å². The lowest BCUT2D eigenvalue weighted by Crippen LogP contribution is -2.71. The summed E-state index contributed by atoms with van der Waals surface area (Å²) in [7, 11) is 0. The van der Waals surface area contributed by atoms with Gasteiger partial charge in [-0.3, -0.25) is 9.69 Å². The van der Waals surface area contributed by atoms with Crippen LogP contribution in [0.15, 0.2) is 11.6 Å². The second-order valence-electron chi connectivity index (χ2n) is 7.20. The highest BCUT2D eigenvalue weighted by Gasteiger charge is 2.64. The quantitative estimate of drug-likeness (QED) is 0.677. The van der Waals surface area contributed by atoms with Crippen molar-refractivity contribution in [2.45, 2.75) is 56.6 Å². The fraction of sp³-hybridized carbons (Fsp3) is 0.812. The standard InChI is InChI=1S/C16H23NO2/c1-11-8-15(19)10-13(18)12-4-2-6-17-7-3-5-14(15)16(12,17)9-11/h5,11-12,19H,2-4,6-10H2,1H3. The number of Topliss-reactive ketones (excluding diaryl/α,β-unsaturated/α-hetero) is 1. The highest BCUT2D eigenvalue weighted by molar-refractivity contribution is 5.87. The molecular weight excluding hydrogens is 238 g/mol. The number of nitrogens with zero attached hydrogens (tertiary/aromatic N) is 1. The lowest BCUT2D eigenvalue weighted by atomic mass is 9.50. The lowest BCUT2D eigenvalue weighted by molar-refractivity contribution is -0.154. The SMILES string of the molecule is CC1CC2(O)CC(=O)C3CCCN4CCC=C2C34C1. The molecule has 2 saturated carbocycles. The summed E-state index contributed by atoms with van der Waals surface area (Å²) in [5.41, 5.74) is 0.271. The molecule has 4 aliphatic rings. The molecule has 1 saturated heterocycles. The Labute approximate surface area is 114 Å². The van der Waals surface area contributed by atoms with Crippen LogP contribution in [0.4, 0.5) is 0 Å². The molecule has 2 heterocycles. The minimum Gasteiger partial charge on any atom is -0.385 e. The molecule has 19 heavy (non-hydrogen) atoms. The van der Waals surface area contributed by atoms with Gasteiger partial charge in [0.15, 0.2) is 0 Å². The minimum absolute atomic E-state index is 0.113. The predicted octanol–water partition coefficient (Wildman–Crippen LogP) is 1.90. The van der Waals surface area contributed by atoms with E-state index in [1.165, 1.54) is 5.57 Å². The highest BCUT2D eigenvalue weighted by Crippen LogP contribution is 2.58. The van der Waals surface area contributed by atoms with Crippen molar-refractivity contribution in [3.05, 3.63) is 11.6 Å². The Kier molecular flexibility index (Phi) is 2.36. The summed E-state index contributed by atoms with van der Waals surface area (Å²) < 4.78 is 0. The molecule has 2 aliphatic heterocycles. The summed E-state index contributed by atoms with van der Waals surface area (Å²) in [5, 5.41) is 11.1. The molecule has 2 bridgehead atoms. The van der Waals surface area contributed by atoms with Crippen molar-refractivity contribution in [1.29, 1.82) is 0 Å². The van der Waals surface area contributed by atoms with Gasteiger partial charge in [0.05, 0.1) is 11.1 Å². The lowest BCUT2D eigenvalue weighted by Gasteiger charge is -2.64. The van der Waals surface area contributed by atoms with E-state index in [1.807, 2.05) is 0 Å². The van der Waals surface area contributed by atoms with Crippen molar-refractivity contribution in [2.75, 3.05) is 13.1 Å². The summed E-state index contributed by atoms with van der Waals surface area (Å²) in [6, 6.07) is 0. The van der Waals surface area contributed by atoms with E-state index in [4.69, 9.17) is 0 Å². The first-order valence-corrected chi connectivity index (χ1v) is 7.77. The zero-order valence-electron chi connectivity index (χ0n) is 11.7. The number of carbonyl (C=O) groups is 1. The predicted molar refractivity (Wildman–Crippen MR) is 72.7 cm³/mol. The van der Waals surface area contributed by atoms with Gasteiger partial charge in [0.25, 0.3) is 0 Å². The highest BCUT2D eigenvalue weighted by atomic mass is 16.3. The van der Waals surface area contributed by atoms with Gasteiger partial charge in [0.1, 0.15) is 5.78 Å². The molecule has 0 aromatic heterocycles. The molecular formula is C16H23NO2. The van der Waals surface area contributed by atoms with Crippen LogP contribution in [-0.2, 0) is 4.79 Å². The van der Waals surface area contributed by atoms with Gasteiger partial charge in [-0.2, -0.15) is 0 Å². The van der Waals surface area contributed by atoms with Gasteiger partial charge in [-0.25, -0.2) is 0 Å². The van der Waals surface area contributed by atoms with Gasteiger partial charge in [-0.1, -0.05) is 13.0 Å². The van der Waals surface area contributed by atoms with E-state index >= 15 is 0 Å². The van der Waals surface area contributed by atoms with Crippen LogP contribution >= 0.6 is 0 Å². The van der Waals surface area contributed by atoms with Gasteiger partial charge in [-0.15, -0.1) is 0 Å². The van der Waals surface area contributed by atoms with Crippen LogP contribution < -0.4 is 0 Å². The fourth-order valence-corrected chi connectivity index (χ4v) is 5.63. The van der Waals surface area contributed by atoms with Crippen LogP contribution in [0.2, 0.25) is 0 Å². The minimum atomic E-state index is -0.832. The third-order valence-electron chi connectivity index (χ3n) is 5.98. The average Bonchev–Trinajstić information content (AvgIpc) is 2.33. The third kappa shape index (κ3) is 1.38. The Morgan fingerprint density at radius 2 is 2.21 bits per heavy atom. The van der Waals surface area contributed by atoms with Crippen molar-refractivity contribution in [2.24, 2.45) is 11.8 Å². The van der Waals surface area contributed by atoms with Crippen molar-refractivity contribution in [1.82, 2.24) is 4.90 Å². The van der Waals surface area contributed by atoms with E-state index in [-0.39, 0.29) is 11.5 Å². The molecule has 1 N–H and O–H groups in total. The molecule has 104 valence electrons. The van der Waals surface area contributed by atoms with Gasteiger partial charge >= 0.3 is 0 Å². The van der Waals surface area contributed by atoms with Crippen LogP contribution in [-0.4, -0.2) is 40.0 Å². The summed E-state index contributed by atoms with van der Waals surface area (Å²) in [5.74, 6) is 0.977. The zero-order valence-corrected chi connectivity index (χ0v) is 11.7. The molecule has 4 unspecified atom stereocenters. The van der Waals surface area contributed by atoms with Gasteiger partial charge in [-0.05, 0) is 50.1 Å². The summed E-state index contributed by atoms with van der Waals surface area (Å²) >= 11 is 0. The van der Waals surface area contributed by atoms with Crippen LogP contribution in [0.5, 0.6) is 0 Å². The van der Waals surface area contributed by atoms with Crippen LogP contribution in [0, 0.1) is 11.8 Å². The molecule has 3 fully saturated rings.